The summed E-state index contributed by atoms with van der Waals surface area (Å²) in [6.07, 6.45) is 2.31. The third kappa shape index (κ3) is 4.09. The summed E-state index contributed by atoms with van der Waals surface area (Å²) >= 11 is 3.43. The molecule has 1 aliphatic rings. The van der Waals surface area contributed by atoms with Crippen molar-refractivity contribution >= 4 is 27.7 Å². The lowest BCUT2D eigenvalue weighted by atomic mass is 10.1. The van der Waals surface area contributed by atoms with Gasteiger partial charge in [0.25, 0.3) is 5.91 Å². The molecule has 0 aliphatic carbocycles. The van der Waals surface area contributed by atoms with Gasteiger partial charge in [0.2, 0.25) is 5.91 Å². The Kier molecular flexibility index (Phi) is 6.00. The maximum absolute atomic E-state index is 12.7. The minimum absolute atomic E-state index is 0.0589. The first kappa shape index (κ1) is 17.0. The monoisotopic (exact) mass is 366 g/mol. The van der Waals surface area contributed by atoms with E-state index in [2.05, 4.69) is 15.9 Å². The number of halogens is 1. The van der Waals surface area contributed by atoms with Crippen molar-refractivity contribution in [3.05, 3.63) is 33.8 Å². The maximum atomic E-state index is 12.7. The lowest BCUT2D eigenvalue weighted by Crippen LogP contribution is -2.37. The molecule has 0 radical (unpaired) electrons. The molecule has 0 saturated carbocycles. The molecule has 0 aromatic heterocycles. The van der Waals surface area contributed by atoms with Crippen LogP contribution in [0.5, 0.6) is 0 Å². The van der Waals surface area contributed by atoms with Gasteiger partial charge in [0.15, 0.2) is 0 Å². The number of carbonyl (C=O) groups excluding carboxylic acids is 2. The van der Waals surface area contributed by atoms with Gasteiger partial charge in [-0.25, -0.2) is 0 Å². The molecule has 0 spiro atoms. The summed E-state index contributed by atoms with van der Waals surface area (Å²) in [4.78, 5) is 28.5. The zero-order chi connectivity index (χ0) is 16.1. The van der Waals surface area contributed by atoms with Crippen molar-refractivity contribution in [3.8, 4) is 0 Å². The van der Waals surface area contributed by atoms with Gasteiger partial charge in [-0.05, 0) is 37.5 Å². The van der Waals surface area contributed by atoms with Crippen molar-refractivity contribution in [2.24, 2.45) is 0 Å². The smallest absolute Gasteiger partial charge is 0.254 e. The van der Waals surface area contributed by atoms with Crippen molar-refractivity contribution in [1.82, 2.24) is 9.80 Å². The second-order valence-corrected chi connectivity index (χ2v) is 6.65. The molecule has 1 aromatic carbocycles. The van der Waals surface area contributed by atoms with E-state index in [1.165, 1.54) is 0 Å². The molecule has 4 nitrogen and oxygen atoms in total. The highest BCUT2D eigenvalue weighted by atomic mass is 79.9. The summed E-state index contributed by atoms with van der Waals surface area (Å²) in [6.45, 7) is 6.68. The highest BCUT2D eigenvalue weighted by Crippen LogP contribution is 2.19. The predicted molar refractivity (Wildman–Crippen MR) is 90.9 cm³/mol. The third-order valence-electron chi connectivity index (χ3n) is 4.03. The number of hydrogen-bond donors (Lipinski definition) is 0. The molecule has 1 aliphatic heterocycles. The van der Waals surface area contributed by atoms with Gasteiger partial charge in [-0.3, -0.25) is 9.59 Å². The van der Waals surface area contributed by atoms with Crippen molar-refractivity contribution in [3.63, 3.8) is 0 Å². The average Bonchev–Trinajstić information content (AvgIpc) is 2.75. The van der Waals surface area contributed by atoms with Crippen LogP contribution in [-0.4, -0.2) is 47.8 Å². The van der Waals surface area contributed by atoms with E-state index >= 15 is 0 Å². The largest absolute Gasteiger partial charge is 0.341 e. The molecule has 0 unspecified atom stereocenters. The van der Waals surface area contributed by atoms with Crippen LogP contribution in [0.25, 0.3) is 0 Å². The summed E-state index contributed by atoms with van der Waals surface area (Å²) in [5, 5.41) is 0. The highest BCUT2D eigenvalue weighted by Gasteiger charge is 2.23. The second-order valence-electron chi connectivity index (χ2n) is 5.74. The van der Waals surface area contributed by atoms with E-state index in [0.717, 1.165) is 35.0 Å². The Morgan fingerprint density at radius 2 is 1.82 bits per heavy atom. The van der Waals surface area contributed by atoms with Gasteiger partial charge >= 0.3 is 0 Å². The van der Waals surface area contributed by atoms with E-state index in [0.29, 0.717) is 26.1 Å². The van der Waals surface area contributed by atoms with Crippen LogP contribution in [-0.2, 0) is 4.79 Å². The van der Waals surface area contributed by atoms with E-state index in [-0.39, 0.29) is 11.8 Å². The first-order chi connectivity index (χ1) is 10.5. The molecule has 22 heavy (non-hydrogen) atoms. The van der Waals surface area contributed by atoms with Gasteiger partial charge in [-0.15, -0.1) is 0 Å². The fourth-order valence-corrected chi connectivity index (χ4v) is 3.10. The number of amides is 2. The van der Waals surface area contributed by atoms with Gasteiger partial charge in [0.05, 0.1) is 0 Å². The van der Waals surface area contributed by atoms with Gasteiger partial charge in [-0.1, -0.05) is 28.9 Å². The lowest BCUT2D eigenvalue weighted by molar-refractivity contribution is -0.131. The SMILES string of the molecule is CCCC(=O)N1CCCN(C(=O)c2cc(Br)ccc2C)CC1. The molecular weight excluding hydrogens is 344 g/mol. The van der Waals surface area contributed by atoms with Gasteiger partial charge in [-0.2, -0.15) is 0 Å². The molecule has 120 valence electrons. The molecule has 0 atom stereocenters. The Bertz CT molecular complexity index is 560. The van der Waals surface area contributed by atoms with Crippen molar-refractivity contribution in [2.75, 3.05) is 26.2 Å². The van der Waals surface area contributed by atoms with E-state index in [1.807, 2.05) is 41.8 Å². The van der Waals surface area contributed by atoms with Gasteiger partial charge < -0.3 is 9.80 Å². The van der Waals surface area contributed by atoms with E-state index in [9.17, 15) is 9.59 Å². The number of hydrogen-bond acceptors (Lipinski definition) is 2. The Morgan fingerprint density at radius 3 is 2.55 bits per heavy atom. The zero-order valence-electron chi connectivity index (χ0n) is 13.3. The fourth-order valence-electron chi connectivity index (χ4n) is 2.74. The van der Waals surface area contributed by atoms with Crippen molar-refractivity contribution < 1.29 is 9.59 Å². The standard InChI is InChI=1S/C17H23BrN2O2/c1-3-5-16(21)19-8-4-9-20(11-10-19)17(22)15-12-14(18)7-6-13(15)2/h6-7,12H,3-5,8-11H2,1-2H3. The number of aryl methyl sites for hydroxylation is 1. The number of carbonyl (C=O) groups is 2. The number of rotatable bonds is 3. The average molecular weight is 367 g/mol. The molecule has 1 heterocycles. The van der Waals surface area contributed by atoms with E-state index in [4.69, 9.17) is 0 Å². The Morgan fingerprint density at radius 1 is 1.14 bits per heavy atom. The first-order valence-corrected chi connectivity index (χ1v) is 8.65. The topological polar surface area (TPSA) is 40.6 Å². The fraction of sp³-hybridized carbons (Fsp3) is 0.529. The Labute approximate surface area is 140 Å². The molecule has 2 rings (SSSR count). The summed E-state index contributed by atoms with van der Waals surface area (Å²) in [5.74, 6) is 0.263. The van der Waals surface area contributed by atoms with Crippen LogP contribution in [0.1, 0.15) is 42.1 Å². The van der Waals surface area contributed by atoms with E-state index in [1.54, 1.807) is 0 Å². The summed E-state index contributed by atoms with van der Waals surface area (Å²) < 4.78 is 0.913. The third-order valence-corrected chi connectivity index (χ3v) is 4.52. The predicted octanol–water partition coefficient (Wildman–Crippen LogP) is 3.23. The lowest BCUT2D eigenvalue weighted by Gasteiger charge is -2.23. The Hall–Kier alpha value is -1.36. The molecule has 1 aromatic rings. The summed E-state index contributed by atoms with van der Waals surface area (Å²) in [7, 11) is 0. The van der Waals surface area contributed by atoms with Crippen LogP contribution >= 0.6 is 15.9 Å². The molecule has 5 heteroatoms. The first-order valence-electron chi connectivity index (χ1n) is 7.86. The molecule has 0 bridgehead atoms. The molecule has 1 fully saturated rings. The quantitative estimate of drug-likeness (QED) is 0.823. The summed E-state index contributed by atoms with van der Waals surface area (Å²) in [5.41, 5.74) is 1.72. The Balaban J connectivity index is 2.06. The van der Waals surface area contributed by atoms with Gasteiger partial charge in [0, 0.05) is 42.6 Å². The van der Waals surface area contributed by atoms with E-state index < -0.39 is 0 Å². The van der Waals surface area contributed by atoms with Crippen LogP contribution in [0.4, 0.5) is 0 Å². The van der Waals surface area contributed by atoms with Crippen LogP contribution in [0, 0.1) is 6.92 Å². The molecular formula is C17H23BrN2O2. The minimum Gasteiger partial charge on any atom is -0.341 e. The normalized spacial score (nSPS) is 15.6. The second kappa shape index (κ2) is 7.77. The van der Waals surface area contributed by atoms with Gasteiger partial charge in [0.1, 0.15) is 0 Å². The zero-order valence-corrected chi connectivity index (χ0v) is 14.9. The number of nitrogens with zero attached hydrogens (tertiary/aromatic N) is 2. The molecule has 0 N–H and O–H groups in total. The highest BCUT2D eigenvalue weighted by molar-refractivity contribution is 9.10. The molecule has 2 amide bonds. The summed E-state index contributed by atoms with van der Waals surface area (Å²) in [6, 6.07) is 5.77. The maximum Gasteiger partial charge on any atom is 0.254 e. The van der Waals surface area contributed by atoms with Crippen LogP contribution < -0.4 is 0 Å². The van der Waals surface area contributed by atoms with Crippen LogP contribution in [0.2, 0.25) is 0 Å². The van der Waals surface area contributed by atoms with Crippen LogP contribution in [0.3, 0.4) is 0 Å². The van der Waals surface area contributed by atoms with Crippen molar-refractivity contribution in [1.29, 1.82) is 0 Å². The van der Waals surface area contributed by atoms with Crippen LogP contribution in [0.15, 0.2) is 22.7 Å². The minimum atomic E-state index is 0.0589. The molecule has 1 saturated heterocycles. The van der Waals surface area contributed by atoms with Crippen molar-refractivity contribution in [2.45, 2.75) is 33.1 Å². The number of benzene rings is 1.